The molecule has 0 spiro atoms. The molecule has 4 N–H and O–H groups in total. The lowest BCUT2D eigenvalue weighted by atomic mass is 10.2. The van der Waals surface area contributed by atoms with Crippen molar-refractivity contribution in [3.63, 3.8) is 0 Å². The monoisotopic (exact) mass is 271 g/mol. The van der Waals surface area contributed by atoms with E-state index < -0.39 is 0 Å². The molecule has 0 bridgehead atoms. The van der Waals surface area contributed by atoms with Gasteiger partial charge in [-0.05, 0) is 36.8 Å². The SMILES string of the molecule is COc1ccccc1NC(=O)Nc1ccc(C)c(N)c1. The Labute approximate surface area is 117 Å². The van der Waals surface area contributed by atoms with E-state index in [-0.39, 0.29) is 6.03 Å². The average Bonchev–Trinajstić information content (AvgIpc) is 2.43. The van der Waals surface area contributed by atoms with Gasteiger partial charge < -0.3 is 21.1 Å². The lowest BCUT2D eigenvalue weighted by Crippen LogP contribution is -2.19. The van der Waals surface area contributed by atoms with Gasteiger partial charge in [-0.1, -0.05) is 18.2 Å². The third-order valence-corrected chi connectivity index (χ3v) is 2.89. The number of rotatable bonds is 3. The van der Waals surface area contributed by atoms with Gasteiger partial charge in [-0.2, -0.15) is 0 Å². The number of hydrogen-bond donors (Lipinski definition) is 3. The minimum atomic E-state index is -0.349. The molecule has 0 fully saturated rings. The van der Waals surface area contributed by atoms with E-state index in [1.807, 2.05) is 25.1 Å². The van der Waals surface area contributed by atoms with Crippen molar-refractivity contribution in [2.45, 2.75) is 6.92 Å². The molecule has 0 saturated heterocycles. The summed E-state index contributed by atoms with van der Waals surface area (Å²) < 4.78 is 5.17. The number of anilines is 3. The van der Waals surface area contributed by atoms with E-state index in [4.69, 9.17) is 10.5 Å². The highest BCUT2D eigenvalue weighted by molar-refractivity contribution is 6.00. The van der Waals surface area contributed by atoms with E-state index in [9.17, 15) is 4.79 Å². The van der Waals surface area contributed by atoms with E-state index in [0.29, 0.717) is 22.8 Å². The molecule has 0 unspecified atom stereocenters. The van der Waals surface area contributed by atoms with Gasteiger partial charge in [0.25, 0.3) is 0 Å². The molecule has 2 aromatic carbocycles. The highest BCUT2D eigenvalue weighted by atomic mass is 16.5. The summed E-state index contributed by atoms with van der Waals surface area (Å²) in [6, 6.07) is 12.2. The third-order valence-electron chi connectivity index (χ3n) is 2.89. The highest BCUT2D eigenvalue weighted by Gasteiger charge is 2.07. The number of hydrogen-bond acceptors (Lipinski definition) is 3. The first-order chi connectivity index (χ1) is 9.60. The lowest BCUT2D eigenvalue weighted by molar-refractivity contribution is 0.262. The van der Waals surface area contributed by atoms with Gasteiger partial charge >= 0.3 is 6.03 Å². The summed E-state index contributed by atoms with van der Waals surface area (Å²) >= 11 is 0. The molecule has 0 saturated carbocycles. The van der Waals surface area contributed by atoms with Crippen LogP contribution in [0.3, 0.4) is 0 Å². The van der Waals surface area contributed by atoms with Crippen molar-refractivity contribution in [1.82, 2.24) is 0 Å². The number of amides is 2. The van der Waals surface area contributed by atoms with Gasteiger partial charge in [0, 0.05) is 11.4 Å². The van der Waals surface area contributed by atoms with Gasteiger partial charge in [0.05, 0.1) is 12.8 Å². The number of nitrogen functional groups attached to an aromatic ring is 1. The molecule has 0 aliphatic heterocycles. The molecule has 0 atom stereocenters. The second kappa shape index (κ2) is 5.97. The van der Waals surface area contributed by atoms with Crippen molar-refractivity contribution >= 4 is 23.1 Å². The standard InChI is InChI=1S/C15H17N3O2/c1-10-7-8-11(9-12(10)16)17-15(19)18-13-5-3-4-6-14(13)20-2/h3-9H,16H2,1-2H3,(H2,17,18,19). The Hall–Kier alpha value is -2.69. The number of urea groups is 1. The normalized spacial score (nSPS) is 9.90. The summed E-state index contributed by atoms with van der Waals surface area (Å²) in [7, 11) is 1.55. The Morgan fingerprint density at radius 1 is 1.15 bits per heavy atom. The zero-order chi connectivity index (χ0) is 14.5. The predicted molar refractivity (Wildman–Crippen MR) is 81.2 cm³/mol. The van der Waals surface area contributed by atoms with Crippen LogP contribution < -0.4 is 21.1 Å². The van der Waals surface area contributed by atoms with E-state index >= 15 is 0 Å². The second-order valence-corrected chi connectivity index (χ2v) is 4.35. The molecule has 20 heavy (non-hydrogen) atoms. The summed E-state index contributed by atoms with van der Waals surface area (Å²) in [5.41, 5.74) is 8.66. The first kappa shape index (κ1) is 13.7. The van der Waals surface area contributed by atoms with E-state index in [0.717, 1.165) is 5.56 Å². The number of methoxy groups -OCH3 is 1. The van der Waals surface area contributed by atoms with Gasteiger partial charge in [0.1, 0.15) is 5.75 Å². The average molecular weight is 271 g/mol. The topological polar surface area (TPSA) is 76.4 Å². The Kier molecular flexibility index (Phi) is 4.10. The highest BCUT2D eigenvalue weighted by Crippen LogP contribution is 2.23. The zero-order valence-corrected chi connectivity index (χ0v) is 11.4. The van der Waals surface area contributed by atoms with Crippen LogP contribution in [0.5, 0.6) is 5.75 Å². The molecule has 0 radical (unpaired) electrons. The molecular formula is C15H17N3O2. The van der Waals surface area contributed by atoms with Crippen LogP contribution in [-0.2, 0) is 0 Å². The summed E-state index contributed by atoms with van der Waals surface area (Å²) in [4.78, 5) is 11.9. The number of nitrogens with one attached hydrogen (secondary N) is 2. The first-order valence-corrected chi connectivity index (χ1v) is 6.17. The molecule has 104 valence electrons. The van der Waals surface area contributed by atoms with E-state index in [2.05, 4.69) is 10.6 Å². The van der Waals surface area contributed by atoms with Crippen molar-refractivity contribution in [2.24, 2.45) is 0 Å². The Morgan fingerprint density at radius 2 is 1.90 bits per heavy atom. The van der Waals surface area contributed by atoms with Crippen LogP contribution in [0.1, 0.15) is 5.56 Å². The van der Waals surface area contributed by atoms with Crippen LogP contribution in [0, 0.1) is 6.92 Å². The van der Waals surface area contributed by atoms with Crippen LogP contribution in [0.2, 0.25) is 0 Å². The molecule has 0 heterocycles. The number of carbonyl (C=O) groups excluding carboxylic acids is 1. The lowest BCUT2D eigenvalue weighted by Gasteiger charge is -2.11. The maximum absolute atomic E-state index is 11.9. The number of nitrogens with two attached hydrogens (primary N) is 1. The van der Waals surface area contributed by atoms with Crippen molar-refractivity contribution in [2.75, 3.05) is 23.5 Å². The van der Waals surface area contributed by atoms with Gasteiger partial charge in [-0.25, -0.2) is 4.79 Å². The minimum absolute atomic E-state index is 0.349. The van der Waals surface area contributed by atoms with Gasteiger partial charge in [-0.15, -0.1) is 0 Å². The maximum Gasteiger partial charge on any atom is 0.323 e. The van der Waals surface area contributed by atoms with Crippen molar-refractivity contribution in [1.29, 1.82) is 0 Å². The number of benzene rings is 2. The third kappa shape index (κ3) is 3.20. The summed E-state index contributed by atoms with van der Waals surface area (Å²) in [5, 5.41) is 5.45. The number of ether oxygens (including phenoxy) is 1. The Morgan fingerprint density at radius 3 is 2.60 bits per heavy atom. The molecule has 2 amide bonds. The van der Waals surface area contributed by atoms with Crippen molar-refractivity contribution in [3.05, 3.63) is 48.0 Å². The largest absolute Gasteiger partial charge is 0.495 e. The van der Waals surface area contributed by atoms with Crippen LogP contribution in [0.25, 0.3) is 0 Å². The van der Waals surface area contributed by atoms with Crippen LogP contribution in [0.15, 0.2) is 42.5 Å². The van der Waals surface area contributed by atoms with E-state index in [1.165, 1.54) is 0 Å². The molecule has 0 aromatic heterocycles. The fourth-order valence-electron chi connectivity index (χ4n) is 1.75. The molecule has 2 aromatic rings. The van der Waals surface area contributed by atoms with Crippen LogP contribution in [0.4, 0.5) is 21.9 Å². The fourth-order valence-corrected chi connectivity index (χ4v) is 1.75. The summed E-state index contributed by atoms with van der Waals surface area (Å²) in [5.74, 6) is 0.603. The molecule has 5 nitrogen and oxygen atoms in total. The molecular weight excluding hydrogens is 254 g/mol. The van der Waals surface area contributed by atoms with Crippen LogP contribution in [-0.4, -0.2) is 13.1 Å². The summed E-state index contributed by atoms with van der Waals surface area (Å²) in [6.07, 6.45) is 0. The molecule has 0 aliphatic carbocycles. The first-order valence-electron chi connectivity index (χ1n) is 6.17. The van der Waals surface area contributed by atoms with Crippen LogP contribution >= 0.6 is 0 Å². The molecule has 5 heteroatoms. The van der Waals surface area contributed by atoms with Gasteiger partial charge in [0.15, 0.2) is 0 Å². The van der Waals surface area contributed by atoms with E-state index in [1.54, 1.807) is 31.4 Å². The quantitative estimate of drug-likeness (QED) is 0.750. The Balaban J connectivity index is 2.07. The number of carbonyl (C=O) groups is 1. The number of para-hydroxylation sites is 2. The minimum Gasteiger partial charge on any atom is -0.495 e. The summed E-state index contributed by atoms with van der Waals surface area (Å²) in [6.45, 7) is 1.91. The Bertz CT molecular complexity index is 626. The van der Waals surface area contributed by atoms with Crippen molar-refractivity contribution < 1.29 is 9.53 Å². The zero-order valence-electron chi connectivity index (χ0n) is 11.4. The smallest absolute Gasteiger partial charge is 0.323 e. The predicted octanol–water partition coefficient (Wildman–Crippen LogP) is 3.23. The van der Waals surface area contributed by atoms with Gasteiger partial charge in [0.2, 0.25) is 0 Å². The molecule has 2 rings (SSSR count). The maximum atomic E-state index is 11.9. The number of aryl methyl sites for hydroxylation is 1. The second-order valence-electron chi connectivity index (χ2n) is 4.35. The fraction of sp³-hybridized carbons (Fsp3) is 0.133. The van der Waals surface area contributed by atoms with Crippen molar-refractivity contribution in [3.8, 4) is 5.75 Å². The van der Waals surface area contributed by atoms with Gasteiger partial charge in [-0.3, -0.25) is 0 Å². The molecule has 0 aliphatic rings.